The normalized spacial score (nSPS) is 13.2. The first-order chi connectivity index (χ1) is 9.52. The minimum absolute atomic E-state index is 0.248. The SMILES string of the molecule is CNC(CCOCC(F)F)Cc1ccc(C(C)C)cc1. The quantitative estimate of drug-likeness (QED) is 0.700. The Morgan fingerprint density at radius 3 is 2.30 bits per heavy atom. The molecule has 0 heterocycles. The molecule has 0 amide bonds. The van der Waals surface area contributed by atoms with Gasteiger partial charge in [-0.1, -0.05) is 38.1 Å². The summed E-state index contributed by atoms with van der Waals surface area (Å²) in [7, 11) is 1.89. The molecule has 1 N–H and O–H groups in total. The first kappa shape index (κ1) is 17.1. The molecule has 1 rings (SSSR count). The molecule has 0 bridgehead atoms. The molecular weight excluding hydrogens is 260 g/mol. The molecule has 0 saturated heterocycles. The van der Waals surface area contributed by atoms with Gasteiger partial charge in [0.05, 0.1) is 0 Å². The Morgan fingerprint density at radius 2 is 1.80 bits per heavy atom. The Kier molecular flexibility index (Phi) is 7.70. The Bertz CT molecular complexity index is 365. The van der Waals surface area contributed by atoms with Crippen LogP contribution in [-0.4, -0.2) is 32.7 Å². The van der Waals surface area contributed by atoms with E-state index in [0.717, 1.165) is 12.8 Å². The molecule has 0 aliphatic carbocycles. The molecule has 20 heavy (non-hydrogen) atoms. The van der Waals surface area contributed by atoms with Crippen molar-refractivity contribution in [1.29, 1.82) is 0 Å². The average Bonchev–Trinajstić information content (AvgIpc) is 2.42. The van der Waals surface area contributed by atoms with Gasteiger partial charge in [0.25, 0.3) is 6.43 Å². The molecule has 0 saturated carbocycles. The van der Waals surface area contributed by atoms with E-state index < -0.39 is 13.0 Å². The minimum Gasteiger partial charge on any atom is -0.375 e. The van der Waals surface area contributed by atoms with Crippen LogP contribution in [0.4, 0.5) is 8.78 Å². The average molecular weight is 285 g/mol. The summed E-state index contributed by atoms with van der Waals surface area (Å²) in [4.78, 5) is 0. The second-order valence-corrected chi connectivity index (χ2v) is 5.34. The summed E-state index contributed by atoms with van der Waals surface area (Å²) in [5.41, 5.74) is 2.58. The van der Waals surface area contributed by atoms with Gasteiger partial charge in [0, 0.05) is 12.6 Å². The van der Waals surface area contributed by atoms with Crippen LogP contribution in [0.25, 0.3) is 0 Å². The molecule has 0 aliphatic heterocycles. The standard InChI is InChI=1S/C16H25F2NO/c1-12(2)14-6-4-13(5-7-14)10-15(19-3)8-9-20-11-16(17)18/h4-7,12,15-16,19H,8-11H2,1-3H3. The Morgan fingerprint density at radius 1 is 1.15 bits per heavy atom. The molecule has 1 unspecified atom stereocenters. The first-order valence-electron chi connectivity index (χ1n) is 7.15. The predicted octanol–water partition coefficient (Wildman–Crippen LogP) is 3.61. The van der Waals surface area contributed by atoms with Crippen LogP contribution in [0.15, 0.2) is 24.3 Å². The molecule has 1 aromatic rings. The summed E-state index contributed by atoms with van der Waals surface area (Å²) in [6.07, 6.45) is -0.770. The molecule has 0 radical (unpaired) electrons. The van der Waals surface area contributed by atoms with Gasteiger partial charge in [-0.25, -0.2) is 8.78 Å². The van der Waals surface area contributed by atoms with Crippen molar-refractivity contribution in [3.05, 3.63) is 35.4 Å². The third-order valence-electron chi connectivity index (χ3n) is 3.39. The van der Waals surface area contributed by atoms with Crippen molar-refractivity contribution in [2.24, 2.45) is 0 Å². The number of rotatable bonds is 9. The molecule has 0 fully saturated rings. The van der Waals surface area contributed by atoms with Crippen LogP contribution in [0.2, 0.25) is 0 Å². The number of ether oxygens (including phenoxy) is 1. The van der Waals surface area contributed by atoms with E-state index in [1.165, 1.54) is 11.1 Å². The Hall–Kier alpha value is -1.00. The van der Waals surface area contributed by atoms with Gasteiger partial charge in [-0.3, -0.25) is 0 Å². The van der Waals surface area contributed by atoms with Crippen LogP contribution in [0.5, 0.6) is 0 Å². The van der Waals surface area contributed by atoms with Crippen molar-refractivity contribution in [3.8, 4) is 0 Å². The van der Waals surface area contributed by atoms with Crippen LogP contribution in [0.3, 0.4) is 0 Å². The van der Waals surface area contributed by atoms with Gasteiger partial charge in [0.2, 0.25) is 0 Å². The highest BCUT2D eigenvalue weighted by Gasteiger charge is 2.09. The zero-order chi connectivity index (χ0) is 15.0. The highest BCUT2D eigenvalue weighted by molar-refractivity contribution is 5.25. The lowest BCUT2D eigenvalue weighted by Gasteiger charge is -2.17. The van der Waals surface area contributed by atoms with E-state index in [4.69, 9.17) is 4.74 Å². The summed E-state index contributed by atoms with van der Waals surface area (Å²) >= 11 is 0. The Balaban J connectivity index is 2.39. The minimum atomic E-state index is -2.38. The number of alkyl halides is 2. The van der Waals surface area contributed by atoms with Crippen LogP contribution >= 0.6 is 0 Å². The number of nitrogens with one attached hydrogen (secondary N) is 1. The molecule has 4 heteroatoms. The molecular formula is C16H25F2NO. The van der Waals surface area contributed by atoms with Crippen molar-refractivity contribution in [2.75, 3.05) is 20.3 Å². The number of likely N-dealkylation sites (N-methyl/N-ethyl adjacent to an activating group) is 1. The number of hydrogen-bond donors (Lipinski definition) is 1. The number of halogens is 2. The van der Waals surface area contributed by atoms with Gasteiger partial charge in [-0.15, -0.1) is 0 Å². The highest BCUT2D eigenvalue weighted by Crippen LogP contribution is 2.16. The summed E-state index contributed by atoms with van der Waals surface area (Å²) in [6.45, 7) is 4.23. The fraction of sp³-hybridized carbons (Fsp3) is 0.625. The molecule has 0 aromatic heterocycles. The summed E-state index contributed by atoms with van der Waals surface area (Å²) in [5, 5.41) is 3.21. The van der Waals surface area contributed by atoms with Crippen molar-refractivity contribution in [1.82, 2.24) is 5.32 Å². The predicted molar refractivity (Wildman–Crippen MR) is 78.5 cm³/mol. The van der Waals surface area contributed by atoms with E-state index in [-0.39, 0.29) is 6.04 Å². The fourth-order valence-corrected chi connectivity index (χ4v) is 2.07. The van der Waals surface area contributed by atoms with Crippen molar-refractivity contribution >= 4 is 0 Å². The third-order valence-corrected chi connectivity index (χ3v) is 3.39. The highest BCUT2D eigenvalue weighted by atomic mass is 19.3. The van der Waals surface area contributed by atoms with Gasteiger partial charge >= 0.3 is 0 Å². The van der Waals surface area contributed by atoms with Gasteiger partial charge in [0.15, 0.2) is 0 Å². The maximum atomic E-state index is 12.0. The molecule has 114 valence electrons. The first-order valence-corrected chi connectivity index (χ1v) is 7.15. The van der Waals surface area contributed by atoms with Crippen LogP contribution in [0.1, 0.15) is 37.3 Å². The lowest BCUT2D eigenvalue weighted by Crippen LogP contribution is -2.29. The molecule has 0 spiro atoms. The van der Waals surface area contributed by atoms with E-state index >= 15 is 0 Å². The van der Waals surface area contributed by atoms with Gasteiger partial charge in [-0.05, 0) is 36.9 Å². The third kappa shape index (κ3) is 6.44. The maximum absolute atomic E-state index is 12.0. The zero-order valence-corrected chi connectivity index (χ0v) is 12.5. The lowest BCUT2D eigenvalue weighted by molar-refractivity contribution is 0.0146. The van der Waals surface area contributed by atoms with Crippen LogP contribution < -0.4 is 5.32 Å². The van der Waals surface area contributed by atoms with E-state index in [2.05, 4.69) is 43.4 Å². The van der Waals surface area contributed by atoms with E-state index in [1.807, 2.05) is 7.05 Å². The topological polar surface area (TPSA) is 21.3 Å². The van der Waals surface area contributed by atoms with Gasteiger partial charge < -0.3 is 10.1 Å². The smallest absolute Gasteiger partial charge is 0.261 e. The molecule has 0 aliphatic rings. The summed E-state index contributed by atoms with van der Waals surface area (Å²) < 4.78 is 28.8. The van der Waals surface area contributed by atoms with E-state index in [1.54, 1.807) is 0 Å². The summed E-state index contributed by atoms with van der Waals surface area (Å²) in [6, 6.07) is 8.83. The van der Waals surface area contributed by atoms with Gasteiger partial charge in [0.1, 0.15) is 6.61 Å². The monoisotopic (exact) mass is 285 g/mol. The lowest BCUT2D eigenvalue weighted by atomic mass is 9.98. The molecule has 2 nitrogen and oxygen atoms in total. The van der Waals surface area contributed by atoms with E-state index in [9.17, 15) is 8.78 Å². The van der Waals surface area contributed by atoms with Crippen molar-refractivity contribution in [3.63, 3.8) is 0 Å². The number of hydrogen-bond acceptors (Lipinski definition) is 2. The number of benzene rings is 1. The molecule has 1 aromatic carbocycles. The second-order valence-electron chi connectivity index (χ2n) is 5.34. The largest absolute Gasteiger partial charge is 0.375 e. The molecule has 1 atom stereocenters. The van der Waals surface area contributed by atoms with Gasteiger partial charge in [-0.2, -0.15) is 0 Å². The van der Waals surface area contributed by atoms with Crippen LogP contribution in [-0.2, 0) is 11.2 Å². The summed E-state index contributed by atoms with van der Waals surface area (Å²) in [5.74, 6) is 0.534. The van der Waals surface area contributed by atoms with Crippen molar-refractivity contribution in [2.45, 2.75) is 45.1 Å². The zero-order valence-electron chi connectivity index (χ0n) is 12.5. The fourth-order valence-electron chi connectivity index (χ4n) is 2.07. The van der Waals surface area contributed by atoms with Crippen LogP contribution in [0, 0.1) is 0 Å². The van der Waals surface area contributed by atoms with Crippen molar-refractivity contribution < 1.29 is 13.5 Å². The second kappa shape index (κ2) is 9.03. The maximum Gasteiger partial charge on any atom is 0.261 e. The van der Waals surface area contributed by atoms with E-state index in [0.29, 0.717) is 12.5 Å². The Labute approximate surface area is 120 Å².